The number of nitrogens with zero attached hydrogens (tertiary/aromatic N) is 1. The fourth-order valence-electron chi connectivity index (χ4n) is 2.18. The highest BCUT2D eigenvalue weighted by molar-refractivity contribution is 8.18. The molecule has 1 N–H and O–H groups in total. The number of anilines is 1. The summed E-state index contributed by atoms with van der Waals surface area (Å²) in [6.45, 7) is 0.0159. The first-order valence-corrected chi connectivity index (χ1v) is 9.10. The molecule has 1 saturated heterocycles. The Morgan fingerprint density at radius 2 is 1.60 bits per heavy atom. The number of nitrogens with one attached hydrogen (secondary N) is 1. The standard InChI is InChI=1S/C17H11Cl3N2O2S/c18-11-5-3-6-12(19)10(11)8-15-16(23)22(17(24)25-15)9-21-14-7-2-1-4-13(14)20/h1-8,21H,9H2/b15-8-. The summed E-state index contributed by atoms with van der Waals surface area (Å²) in [7, 11) is 0. The number of rotatable bonds is 4. The van der Waals surface area contributed by atoms with E-state index < -0.39 is 5.91 Å². The molecule has 4 nitrogen and oxygen atoms in total. The highest BCUT2D eigenvalue weighted by Crippen LogP contribution is 2.35. The first kappa shape index (κ1) is 18.1. The Kier molecular flexibility index (Phi) is 5.59. The van der Waals surface area contributed by atoms with Crippen molar-refractivity contribution >= 4 is 69.5 Å². The third-order valence-corrected chi connectivity index (χ3v) is 5.35. The van der Waals surface area contributed by atoms with Crippen molar-refractivity contribution in [3.8, 4) is 0 Å². The number of amides is 2. The molecule has 128 valence electrons. The largest absolute Gasteiger partial charge is 0.366 e. The van der Waals surface area contributed by atoms with Gasteiger partial charge in [0.05, 0.1) is 22.3 Å². The molecule has 2 aromatic rings. The lowest BCUT2D eigenvalue weighted by atomic mass is 10.2. The monoisotopic (exact) mass is 412 g/mol. The minimum Gasteiger partial charge on any atom is -0.366 e. The summed E-state index contributed by atoms with van der Waals surface area (Å²) in [5.41, 5.74) is 1.15. The molecule has 0 saturated carbocycles. The van der Waals surface area contributed by atoms with Crippen LogP contribution in [0.15, 0.2) is 47.4 Å². The molecule has 8 heteroatoms. The van der Waals surface area contributed by atoms with Gasteiger partial charge in [-0.2, -0.15) is 0 Å². The van der Waals surface area contributed by atoms with Crippen LogP contribution < -0.4 is 5.32 Å². The zero-order valence-corrected chi connectivity index (χ0v) is 15.7. The first-order chi connectivity index (χ1) is 12.0. The summed E-state index contributed by atoms with van der Waals surface area (Å²) in [6, 6.07) is 12.1. The molecule has 0 atom stereocenters. The summed E-state index contributed by atoms with van der Waals surface area (Å²) in [4.78, 5) is 26.0. The van der Waals surface area contributed by atoms with Gasteiger partial charge in [0.2, 0.25) is 0 Å². The second-order valence-electron chi connectivity index (χ2n) is 5.06. The van der Waals surface area contributed by atoms with E-state index in [9.17, 15) is 9.59 Å². The summed E-state index contributed by atoms with van der Waals surface area (Å²) in [6.07, 6.45) is 1.53. The number of para-hydroxylation sites is 1. The molecule has 0 spiro atoms. The van der Waals surface area contributed by atoms with Crippen LogP contribution in [-0.2, 0) is 4.79 Å². The number of imide groups is 1. The third-order valence-electron chi connectivity index (χ3n) is 3.45. The quantitative estimate of drug-likeness (QED) is 0.648. The molecule has 1 aliphatic heterocycles. The van der Waals surface area contributed by atoms with Crippen molar-refractivity contribution in [2.24, 2.45) is 0 Å². The first-order valence-electron chi connectivity index (χ1n) is 7.15. The van der Waals surface area contributed by atoms with E-state index >= 15 is 0 Å². The van der Waals surface area contributed by atoms with Crippen LogP contribution in [0.5, 0.6) is 0 Å². The molecule has 2 aromatic carbocycles. The number of carbonyl (C=O) groups excluding carboxylic acids is 2. The molecule has 1 heterocycles. The molecule has 0 radical (unpaired) electrons. The van der Waals surface area contributed by atoms with E-state index in [2.05, 4.69) is 5.32 Å². The van der Waals surface area contributed by atoms with E-state index in [1.807, 2.05) is 0 Å². The van der Waals surface area contributed by atoms with Crippen LogP contribution in [0.3, 0.4) is 0 Å². The summed E-state index contributed by atoms with van der Waals surface area (Å²) < 4.78 is 0. The molecule has 1 aliphatic rings. The van der Waals surface area contributed by atoms with Gasteiger partial charge in [-0.1, -0.05) is 53.0 Å². The van der Waals surface area contributed by atoms with Gasteiger partial charge in [0, 0.05) is 15.6 Å². The highest BCUT2D eigenvalue weighted by Gasteiger charge is 2.35. The van der Waals surface area contributed by atoms with Crippen molar-refractivity contribution < 1.29 is 9.59 Å². The lowest BCUT2D eigenvalue weighted by Crippen LogP contribution is -2.33. The molecule has 3 rings (SSSR count). The Labute approximate surface area is 163 Å². The molecule has 0 aliphatic carbocycles. The van der Waals surface area contributed by atoms with Crippen LogP contribution in [0.25, 0.3) is 6.08 Å². The number of halogens is 3. The topological polar surface area (TPSA) is 49.4 Å². The molecule has 0 unspecified atom stereocenters. The molecular weight excluding hydrogens is 403 g/mol. The Bertz CT molecular complexity index is 866. The van der Waals surface area contributed by atoms with Gasteiger partial charge in [0.15, 0.2) is 0 Å². The fraction of sp³-hybridized carbons (Fsp3) is 0.0588. The minimum atomic E-state index is -0.412. The number of hydrogen-bond donors (Lipinski definition) is 1. The lowest BCUT2D eigenvalue weighted by Gasteiger charge is -2.15. The lowest BCUT2D eigenvalue weighted by molar-refractivity contribution is -0.122. The molecule has 0 aromatic heterocycles. The van der Waals surface area contributed by atoms with Crippen molar-refractivity contribution in [2.75, 3.05) is 12.0 Å². The van der Waals surface area contributed by atoms with E-state index in [1.165, 1.54) is 6.08 Å². The average molecular weight is 414 g/mol. The van der Waals surface area contributed by atoms with Gasteiger partial charge < -0.3 is 5.32 Å². The molecule has 25 heavy (non-hydrogen) atoms. The Balaban J connectivity index is 1.78. The summed E-state index contributed by atoms with van der Waals surface area (Å²) in [5.74, 6) is -0.412. The fourth-order valence-corrected chi connectivity index (χ4v) is 3.71. The number of benzene rings is 2. The number of carbonyl (C=O) groups is 2. The van der Waals surface area contributed by atoms with Gasteiger partial charge in [-0.3, -0.25) is 14.5 Å². The minimum absolute atomic E-state index is 0.0159. The average Bonchev–Trinajstić information content (AvgIpc) is 2.84. The SMILES string of the molecule is O=C1S/C(=C\c2c(Cl)cccc2Cl)C(=O)N1CNc1ccccc1Cl. The van der Waals surface area contributed by atoms with Crippen molar-refractivity contribution in [3.63, 3.8) is 0 Å². The molecular formula is C17H11Cl3N2O2S. The zero-order chi connectivity index (χ0) is 18.0. The van der Waals surface area contributed by atoms with Crippen molar-refractivity contribution in [3.05, 3.63) is 68.0 Å². The van der Waals surface area contributed by atoms with Crippen molar-refractivity contribution in [2.45, 2.75) is 0 Å². The normalized spacial score (nSPS) is 16.0. The van der Waals surface area contributed by atoms with Gasteiger partial charge in [0.1, 0.15) is 0 Å². The van der Waals surface area contributed by atoms with Gasteiger partial charge in [-0.05, 0) is 42.1 Å². The van der Waals surface area contributed by atoms with E-state index in [1.54, 1.807) is 42.5 Å². The maximum atomic E-state index is 12.5. The van der Waals surface area contributed by atoms with Gasteiger partial charge in [-0.25, -0.2) is 0 Å². The van der Waals surface area contributed by atoms with Crippen LogP contribution in [-0.4, -0.2) is 22.7 Å². The van der Waals surface area contributed by atoms with Crippen LogP contribution in [0.1, 0.15) is 5.56 Å². The number of hydrogen-bond acceptors (Lipinski definition) is 4. The predicted molar refractivity (Wildman–Crippen MR) is 104 cm³/mol. The van der Waals surface area contributed by atoms with Crippen LogP contribution in [0, 0.1) is 0 Å². The highest BCUT2D eigenvalue weighted by atomic mass is 35.5. The smallest absolute Gasteiger partial charge is 0.295 e. The second-order valence-corrected chi connectivity index (χ2v) is 7.27. The van der Waals surface area contributed by atoms with Crippen LogP contribution in [0.4, 0.5) is 10.5 Å². The van der Waals surface area contributed by atoms with E-state index in [4.69, 9.17) is 34.8 Å². The number of thioether (sulfide) groups is 1. The van der Waals surface area contributed by atoms with E-state index in [0.29, 0.717) is 26.3 Å². The predicted octanol–water partition coefficient (Wildman–Crippen LogP) is 5.75. The third kappa shape index (κ3) is 3.96. The van der Waals surface area contributed by atoms with Crippen molar-refractivity contribution in [1.82, 2.24) is 4.90 Å². The Hall–Kier alpha value is -1.66. The summed E-state index contributed by atoms with van der Waals surface area (Å²) >= 11 is 19.1. The molecule has 0 bridgehead atoms. The molecule has 2 amide bonds. The maximum Gasteiger partial charge on any atom is 0.295 e. The maximum absolute atomic E-state index is 12.5. The summed E-state index contributed by atoms with van der Waals surface area (Å²) in [5, 5.41) is 3.94. The van der Waals surface area contributed by atoms with E-state index in [-0.39, 0.29) is 16.8 Å². The van der Waals surface area contributed by atoms with Gasteiger partial charge >= 0.3 is 0 Å². The Morgan fingerprint density at radius 1 is 0.960 bits per heavy atom. The van der Waals surface area contributed by atoms with Gasteiger partial charge in [-0.15, -0.1) is 0 Å². The zero-order valence-electron chi connectivity index (χ0n) is 12.6. The van der Waals surface area contributed by atoms with E-state index in [0.717, 1.165) is 16.7 Å². The van der Waals surface area contributed by atoms with Gasteiger partial charge in [0.25, 0.3) is 11.1 Å². The molecule has 1 fully saturated rings. The van der Waals surface area contributed by atoms with Crippen molar-refractivity contribution in [1.29, 1.82) is 0 Å². The van der Waals surface area contributed by atoms with Crippen LogP contribution >= 0.6 is 46.6 Å². The Morgan fingerprint density at radius 3 is 2.28 bits per heavy atom. The van der Waals surface area contributed by atoms with Crippen LogP contribution in [0.2, 0.25) is 15.1 Å². The second kappa shape index (κ2) is 7.70.